The van der Waals surface area contributed by atoms with Gasteiger partial charge >= 0.3 is 0 Å². The fourth-order valence-electron chi connectivity index (χ4n) is 1.52. The summed E-state index contributed by atoms with van der Waals surface area (Å²) in [5.41, 5.74) is 0.514. The second kappa shape index (κ2) is 4.26. The average molecular weight is 264 g/mol. The van der Waals surface area contributed by atoms with Gasteiger partial charge in [-0.1, -0.05) is 6.07 Å². The number of rotatable bonds is 2. The van der Waals surface area contributed by atoms with Crippen LogP contribution in [0.4, 0.5) is 8.78 Å². The number of thiazole rings is 1. The molecule has 0 saturated heterocycles. The van der Waals surface area contributed by atoms with E-state index in [1.807, 2.05) is 0 Å². The number of hydrogen-bond acceptors (Lipinski definition) is 4. The van der Waals surface area contributed by atoms with E-state index in [-0.39, 0.29) is 5.56 Å². The zero-order valence-electron chi connectivity index (χ0n) is 8.89. The Balaban J connectivity index is 2.06. The number of nitrogens with zero attached hydrogens (tertiary/aromatic N) is 3. The monoisotopic (exact) mass is 264 g/mol. The zero-order valence-corrected chi connectivity index (χ0v) is 9.71. The van der Waals surface area contributed by atoms with E-state index >= 15 is 0 Å². The summed E-state index contributed by atoms with van der Waals surface area (Å²) < 4.78 is 26.7. The third kappa shape index (κ3) is 1.78. The van der Waals surface area contributed by atoms with Crippen molar-refractivity contribution in [1.82, 2.24) is 20.2 Å². The molecule has 90 valence electrons. The molecular weight excluding hydrogens is 258 g/mol. The Morgan fingerprint density at radius 2 is 2.11 bits per heavy atom. The third-order valence-electron chi connectivity index (χ3n) is 2.35. The first-order valence-corrected chi connectivity index (χ1v) is 5.89. The topological polar surface area (TPSA) is 54.5 Å². The van der Waals surface area contributed by atoms with Crippen LogP contribution in [0, 0.1) is 11.6 Å². The first-order chi connectivity index (χ1) is 8.75. The third-order valence-corrected chi connectivity index (χ3v) is 3.20. The minimum absolute atomic E-state index is 0.136. The Labute approximate surface area is 104 Å². The van der Waals surface area contributed by atoms with Gasteiger partial charge in [0.05, 0.1) is 5.69 Å². The Hall–Kier alpha value is -2.15. The van der Waals surface area contributed by atoms with Crippen LogP contribution in [0.1, 0.15) is 0 Å². The molecule has 18 heavy (non-hydrogen) atoms. The normalized spacial score (nSPS) is 10.8. The van der Waals surface area contributed by atoms with Gasteiger partial charge in [-0.15, -0.1) is 11.3 Å². The maximum Gasteiger partial charge on any atom is 0.184 e. The number of aromatic amines is 1. The first-order valence-electron chi connectivity index (χ1n) is 5.01. The molecule has 4 nitrogen and oxygen atoms in total. The molecule has 3 rings (SSSR count). The van der Waals surface area contributed by atoms with Crippen molar-refractivity contribution in [2.75, 3.05) is 0 Å². The van der Waals surface area contributed by atoms with Crippen LogP contribution in [0.25, 0.3) is 22.1 Å². The van der Waals surface area contributed by atoms with Gasteiger partial charge in [-0.25, -0.2) is 18.7 Å². The maximum atomic E-state index is 13.6. The quantitative estimate of drug-likeness (QED) is 0.774. The van der Waals surface area contributed by atoms with Crippen LogP contribution < -0.4 is 0 Å². The van der Waals surface area contributed by atoms with Crippen molar-refractivity contribution < 1.29 is 8.78 Å². The second-order valence-electron chi connectivity index (χ2n) is 3.47. The number of H-pyrrole nitrogens is 1. The molecule has 0 unspecified atom stereocenters. The average Bonchev–Trinajstić information content (AvgIpc) is 3.01. The minimum atomic E-state index is -0.896. The highest BCUT2D eigenvalue weighted by Crippen LogP contribution is 2.28. The molecule has 0 spiro atoms. The van der Waals surface area contributed by atoms with Gasteiger partial charge in [0.25, 0.3) is 0 Å². The molecule has 0 aliphatic rings. The van der Waals surface area contributed by atoms with Gasteiger partial charge in [-0.3, -0.25) is 5.10 Å². The standard InChI is InChI=1S/C11H6F2N4S/c12-7-3-1-2-6(9(7)13)8-4-18-11(16-8)10-14-5-15-17-10/h1-5H,(H,14,15,17). The van der Waals surface area contributed by atoms with Gasteiger partial charge < -0.3 is 0 Å². The Bertz CT molecular complexity index is 678. The van der Waals surface area contributed by atoms with Crippen LogP contribution in [0.2, 0.25) is 0 Å². The molecule has 7 heteroatoms. The van der Waals surface area contributed by atoms with Crippen LogP contribution in [-0.4, -0.2) is 20.2 Å². The van der Waals surface area contributed by atoms with Crippen molar-refractivity contribution in [2.45, 2.75) is 0 Å². The van der Waals surface area contributed by atoms with Gasteiger partial charge in [0.1, 0.15) is 6.33 Å². The number of aromatic nitrogens is 4. The van der Waals surface area contributed by atoms with E-state index in [2.05, 4.69) is 20.2 Å². The molecule has 0 fully saturated rings. The van der Waals surface area contributed by atoms with Crippen molar-refractivity contribution in [3.63, 3.8) is 0 Å². The molecular formula is C11H6F2N4S. The lowest BCUT2D eigenvalue weighted by atomic mass is 10.1. The predicted molar refractivity (Wildman–Crippen MR) is 62.8 cm³/mol. The molecule has 0 bridgehead atoms. The smallest absolute Gasteiger partial charge is 0.184 e. The van der Waals surface area contributed by atoms with Crippen LogP contribution in [0.5, 0.6) is 0 Å². The fourth-order valence-corrected chi connectivity index (χ4v) is 2.28. The van der Waals surface area contributed by atoms with E-state index in [4.69, 9.17) is 0 Å². The number of benzene rings is 1. The molecule has 2 heterocycles. The highest BCUT2D eigenvalue weighted by atomic mass is 32.1. The molecule has 0 radical (unpaired) electrons. The van der Waals surface area contributed by atoms with E-state index in [1.54, 1.807) is 5.38 Å². The summed E-state index contributed by atoms with van der Waals surface area (Å²) in [5, 5.41) is 8.60. The van der Waals surface area contributed by atoms with Gasteiger partial charge in [-0.2, -0.15) is 5.10 Å². The first kappa shape index (κ1) is 11.0. The van der Waals surface area contributed by atoms with Crippen molar-refractivity contribution in [1.29, 1.82) is 0 Å². The Kier molecular flexibility index (Phi) is 2.60. The minimum Gasteiger partial charge on any atom is -0.257 e. The summed E-state index contributed by atoms with van der Waals surface area (Å²) in [6, 6.07) is 4.00. The highest BCUT2D eigenvalue weighted by molar-refractivity contribution is 7.13. The van der Waals surface area contributed by atoms with E-state index in [9.17, 15) is 8.78 Å². The van der Waals surface area contributed by atoms with E-state index in [0.717, 1.165) is 6.07 Å². The van der Waals surface area contributed by atoms with E-state index in [0.29, 0.717) is 16.5 Å². The summed E-state index contributed by atoms with van der Waals surface area (Å²) in [7, 11) is 0. The zero-order chi connectivity index (χ0) is 12.5. The Morgan fingerprint density at radius 3 is 2.89 bits per heavy atom. The molecule has 0 saturated carbocycles. The van der Waals surface area contributed by atoms with Crippen LogP contribution in [0.3, 0.4) is 0 Å². The maximum absolute atomic E-state index is 13.6. The van der Waals surface area contributed by atoms with Crippen molar-refractivity contribution in [2.24, 2.45) is 0 Å². The number of nitrogens with one attached hydrogen (secondary N) is 1. The molecule has 0 atom stereocenters. The highest BCUT2D eigenvalue weighted by Gasteiger charge is 2.14. The molecule has 0 amide bonds. The molecule has 2 aromatic heterocycles. The molecule has 3 aromatic rings. The fraction of sp³-hybridized carbons (Fsp3) is 0. The number of halogens is 2. The number of hydrogen-bond donors (Lipinski definition) is 1. The van der Waals surface area contributed by atoms with Gasteiger partial charge in [0.2, 0.25) is 0 Å². The van der Waals surface area contributed by atoms with Gasteiger partial charge in [0, 0.05) is 10.9 Å². The summed E-state index contributed by atoms with van der Waals surface area (Å²) >= 11 is 1.28. The summed E-state index contributed by atoms with van der Waals surface area (Å²) in [4.78, 5) is 8.15. The van der Waals surface area contributed by atoms with Crippen molar-refractivity contribution in [3.8, 4) is 22.1 Å². The van der Waals surface area contributed by atoms with E-state index < -0.39 is 11.6 Å². The second-order valence-corrected chi connectivity index (χ2v) is 4.33. The molecule has 0 aliphatic carbocycles. The summed E-state index contributed by atoms with van der Waals surface area (Å²) in [6.07, 6.45) is 1.36. The lowest BCUT2D eigenvalue weighted by Gasteiger charge is -1.99. The van der Waals surface area contributed by atoms with Crippen molar-refractivity contribution in [3.05, 3.63) is 41.5 Å². The van der Waals surface area contributed by atoms with Crippen LogP contribution in [-0.2, 0) is 0 Å². The largest absolute Gasteiger partial charge is 0.257 e. The predicted octanol–water partition coefficient (Wildman–Crippen LogP) is 2.87. The van der Waals surface area contributed by atoms with Crippen LogP contribution in [0.15, 0.2) is 29.9 Å². The summed E-state index contributed by atoms with van der Waals surface area (Å²) in [5.74, 6) is -1.28. The SMILES string of the molecule is Fc1cccc(-c2csc(-c3ncn[nH]3)n2)c1F. The lowest BCUT2D eigenvalue weighted by molar-refractivity contribution is 0.511. The molecule has 1 N–H and O–H groups in total. The van der Waals surface area contributed by atoms with Crippen molar-refractivity contribution >= 4 is 11.3 Å². The lowest BCUT2D eigenvalue weighted by Crippen LogP contribution is -1.89. The summed E-state index contributed by atoms with van der Waals surface area (Å²) in [6.45, 7) is 0. The molecule has 1 aromatic carbocycles. The Morgan fingerprint density at radius 1 is 1.22 bits per heavy atom. The molecule has 0 aliphatic heterocycles. The van der Waals surface area contributed by atoms with Crippen LogP contribution >= 0.6 is 11.3 Å². The van der Waals surface area contributed by atoms with Gasteiger partial charge in [-0.05, 0) is 12.1 Å². The van der Waals surface area contributed by atoms with E-state index in [1.165, 1.54) is 29.8 Å². The van der Waals surface area contributed by atoms with Gasteiger partial charge in [0.15, 0.2) is 22.5 Å².